The van der Waals surface area contributed by atoms with E-state index in [1.807, 2.05) is 24.3 Å². The molecule has 0 bridgehead atoms. The summed E-state index contributed by atoms with van der Waals surface area (Å²) in [5.41, 5.74) is 5.75. The van der Waals surface area contributed by atoms with E-state index < -0.39 is 36.5 Å². The fourth-order valence-electron chi connectivity index (χ4n) is 8.46. The van der Waals surface area contributed by atoms with Gasteiger partial charge in [0.2, 0.25) is 17.8 Å². The number of benzene rings is 3. The number of amides is 2. The molecule has 334 valence electrons. The zero-order chi connectivity index (χ0) is 44.8. The third-order valence-electron chi connectivity index (χ3n) is 11.7. The van der Waals surface area contributed by atoms with E-state index in [0.29, 0.717) is 58.8 Å². The number of carbonyl (C=O) groups excluding carboxylic acids is 2. The lowest BCUT2D eigenvalue weighted by molar-refractivity contribution is -0.134. The maximum absolute atomic E-state index is 14.9. The number of imide groups is 1. The molecule has 0 aliphatic carbocycles. The van der Waals surface area contributed by atoms with Gasteiger partial charge in [-0.1, -0.05) is 19.9 Å². The monoisotopic (exact) mass is 945 g/mol. The summed E-state index contributed by atoms with van der Waals surface area (Å²) in [6.07, 6.45) is 5.81. The van der Waals surface area contributed by atoms with Crippen LogP contribution in [0.1, 0.15) is 67.8 Å². The number of anilines is 5. The highest BCUT2D eigenvalue weighted by molar-refractivity contribution is 9.10. The highest BCUT2D eigenvalue weighted by Crippen LogP contribution is 2.42. The molecule has 0 radical (unpaired) electrons. The fourth-order valence-corrected chi connectivity index (χ4v) is 10.2. The molecule has 2 aliphatic heterocycles. The van der Waals surface area contributed by atoms with Gasteiger partial charge in [0, 0.05) is 78.5 Å². The number of hydrogen-bond acceptors (Lipinski definition) is 12. The van der Waals surface area contributed by atoms with Crippen molar-refractivity contribution < 1.29 is 27.7 Å². The molecule has 17 heteroatoms. The molecular formula is C46H55BrF2N9O4P. The first-order valence-corrected chi connectivity index (χ1v) is 24.9. The molecule has 0 unspecified atom stereocenters. The number of aromatic nitrogens is 3. The molecule has 7 rings (SSSR count). The molecule has 63 heavy (non-hydrogen) atoms. The number of ether oxygens (including phenoxy) is 1. The molecule has 2 amide bonds. The van der Waals surface area contributed by atoms with Gasteiger partial charge in [-0.3, -0.25) is 19.9 Å². The number of aryl methyl sites for hydroxylation is 2. The minimum Gasteiger partial charge on any atom is -0.494 e. The van der Waals surface area contributed by atoms with Gasteiger partial charge in [0.25, 0.3) is 0 Å². The van der Waals surface area contributed by atoms with Gasteiger partial charge < -0.3 is 35.5 Å². The van der Waals surface area contributed by atoms with Gasteiger partial charge >= 0.3 is 0 Å². The summed E-state index contributed by atoms with van der Waals surface area (Å²) in [5.74, 6) is -2.06. The predicted molar refractivity (Wildman–Crippen MR) is 250 cm³/mol. The lowest BCUT2D eigenvalue weighted by Crippen LogP contribution is -2.44. The van der Waals surface area contributed by atoms with Crippen molar-refractivity contribution in [3.63, 3.8) is 0 Å². The van der Waals surface area contributed by atoms with Crippen molar-refractivity contribution >= 4 is 79.9 Å². The Morgan fingerprint density at radius 1 is 0.921 bits per heavy atom. The van der Waals surface area contributed by atoms with Gasteiger partial charge in [0.1, 0.15) is 30.3 Å². The Balaban J connectivity index is 0.925. The number of methoxy groups -OCH3 is 1. The SMILES string of the molecule is CCc1ccc2c(P(C)(C)=O)c(Nc3nc(Nc4cc(CC)c(N5CCC(NCCNCCc6cc(F)c([C@H]7CCC(=O)NC7=O)c(F)c6)CC5)cc4OC)ncc3Br)ccc2n1. The number of carbonyl (C=O) groups is 2. The number of rotatable bonds is 17. The quantitative estimate of drug-likeness (QED) is 0.0350. The highest BCUT2D eigenvalue weighted by Gasteiger charge is 2.32. The highest BCUT2D eigenvalue weighted by atomic mass is 79.9. The maximum atomic E-state index is 14.9. The summed E-state index contributed by atoms with van der Waals surface area (Å²) in [6, 6.07) is 14.9. The second-order valence-corrected chi connectivity index (χ2v) is 20.4. The summed E-state index contributed by atoms with van der Waals surface area (Å²) < 4.78 is 50.1. The molecule has 5 aromatic rings. The summed E-state index contributed by atoms with van der Waals surface area (Å²) in [4.78, 5) is 40.2. The first-order valence-electron chi connectivity index (χ1n) is 21.5. The molecule has 2 fully saturated rings. The summed E-state index contributed by atoms with van der Waals surface area (Å²) in [7, 11) is -1.09. The second-order valence-electron chi connectivity index (χ2n) is 16.4. The third kappa shape index (κ3) is 10.9. The Morgan fingerprint density at radius 3 is 2.37 bits per heavy atom. The number of fused-ring (bicyclic) bond motifs is 1. The van der Waals surface area contributed by atoms with Crippen LogP contribution in [0.15, 0.2) is 59.2 Å². The first kappa shape index (κ1) is 46.0. The van der Waals surface area contributed by atoms with Crippen molar-refractivity contribution in [2.45, 2.75) is 70.8 Å². The Labute approximate surface area is 375 Å². The van der Waals surface area contributed by atoms with Crippen LogP contribution in [0.3, 0.4) is 0 Å². The van der Waals surface area contributed by atoms with E-state index in [9.17, 15) is 22.9 Å². The summed E-state index contributed by atoms with van der Waals surface area (Å²) in [6.45, 7) is 11.5. The Hall–Kier alpha value is -5.02. The van der Waals surface area contributed by atoms with Gasteiger partial charge in [-0.15, -0.1) is 0 Å². The number of halogens is 3. The normalized spacial score (nSPS) is 16.1. The number of pyridine rings is 1. The lowest BCUT2D eigenvalue weighted by Gasteiger charge is -2.35. The van der Waals surface area contributed by atoms with Crippen molar-refractivity contribution in [3.05, 3.63) is 93.2 Å². The molecular weight excluding hydrogens is 891 g/mol. The van der Waals surface area contributed by atoms with E-state index in [0.717, 1.165) is 84.2 Å². The molecule has 1 atom stereocenters. The van der Waals surface area contributed by atoms with Crippen LogP contribution in [0.25, 0.3) is 10.9 Å². The van der Waals surface area contributed by atoms with Crippen molar-refractivity contribution in [3.8, 4) is 5.75 Å². The molecule has 2 saturated heterocycles. The van der Waals surface area contributed by atoms with Crippen LogP contribution in [0.4, 0.5) is 37.6 Å². The smallest absolute Gasteiger partial charge is 0.234 e. The molecule has 2 aromatic heterocycles. The maximum Gasteiger partial charge on any atom is 0.234 e. The lowest BCUT2D eigenvalue weighted by atomic mass is 9.89. The molecule has 3 aromatic carbocycles. The summed E-state index contributed by atoms with van der Waals surface area (Å²) >= 11 is 3.60. The van der Waals surface area contributed by atoms with Gasteiger partial charge in [0.05, 0.1) is 34.4 Å². The number of nitrogens with one attached hydrogen (secondary N) is 5. The van der Waals surface area contributed by atoms with Crippen molar-refractivity contribution in [2.75, 3.05) is 68.7 Å². The van der Waals surface area contributed by atoms with E-state index in [1.165, 1.54) is 12.1 Å². The number of piperidine rings is 2. The van der Waals surface area contributed by atoms with E-state index in [1.54, 1.807) is 26.6 Å². The average molecular weight is 947 g/mol. The third-order valence-corrected chi connectivity index (χ3v) is 13.9. The Kier molecular flexibility index (Phi) is 14.8. The predicted octanol–water partition coefficient (Wildman–Crippen LogP) is 7.85. The largest absolute Gasteiger partial charge is 0.494 e. The van der Waals surface area contributed by atoms with Crippen LogP contribution in [-0.4, -0.2) is 86.0 Å². The average Bonchev–Trinajstić information content (AvgIpc) is 3.25. The minimum absolute atomic E-state index is 0.0565. The zero-order valence-corrected chi connectivity index (χ0v) is 38.8. The van der Waals surface area contributed by atoms with Crippen LogP contribution in [0, 0.1) is 11.6 Å². The van der Waals surface area contributed by atoms with Crippen molar-refractivity contribution in [2.24, 2.45) is 0 Å². The topological polar surface area (TPSA) is 162 Å². The van der Waals surface area contributed by atoms with E-state index >= 15 is 0 Å². The Bertz CT molecular complexity index is 2530. The fraction of sp³-hybridized carbons (Fsp3) is 0.413. The van der Waals surface area contributed by atoms with Crippen molar-refractivity contribution in [1.29, 1.82) is 0 Å². The van der Waals surface area contributed by atoms with Crippen molar-refractivity contribution in [1.82, 2.24) is 30.9 Å². The molecule has 0 saturated carbocycles. The van der Waals surface area contributed by atoms with Crippen LogP contribution in [0.5, 0.6) is 5.75 Å². The molecule has 5 N–H and O–H groups in total. The van der Waals surface area contributed by atoms with E-state index in [4.69, 9.17) is 14.7 Å². The minimum atomic E-state index is -2.75. The van der Waals surface area contributed by atoms with Gasteiger partial charge in [-0.05, 0) is 122 Å². The molecule has 13 nitrogen and oxygen atoms in total. The van der Waals surface area contributed by atoms with E-state index in [-0.39, 0.29) is 18.4 Å². The van der Waals surface area contributed by atoms with E-state index in [2.05, 4.69) is 78.4 Å². The molecule has 2 aliphatic rings. The summed E-state index contributed by atoms with van der Waals surface area (Å²) in [5, 5.41) is 17.5. The molecule has 0 spiro atoms. The van der Waals surface area contributed by atoms with Crippen LogP contribution in [0.2, 0.25) is 0 Å². The van der Waals surface area contributed by atoms with Gasteiger partial charge in [-0.25, -0.2) is 13.8 Å². The number of nitrogens with zero attached hydrogens (tertiary/aromatic N) is 4. The number of hydrogen-bond donors (Lipinski definition) is 5. The Morgan fingerprint density at radius 2 is 1.68 bits per heavy atom. The van der Waals surface area contributed by atoms with Crippen LogP contribution >= 0.6 is 23.1 Å². The first-order chi connectivity index (χ1) is 30.3. The van der Waals surface area contributed by atoms with Gasteiger partial charge in [0.15, 0.2) is 0 Å². The van der Waals surface area contributed by atoms with Crippen LogP contribution in [-0.2, 0) is 33.4 Å². The van der Waals surface area contributed by atoms with Gasteiger partial charge in [-0.2, -0.15) is 4.98 Å². The van der Waals surface area contributed by atoms with Crippen LogP contribution < -0.4 is 41.5 Å². The zero-order valence-electron chi connectivity index (χ0n) is 36.3. The second kappa shape index (κ2) is 20.2. The standard InChI is InChI=1S/C46H55BrF2N9O4P/c1-6-28-24-38(55-46-52-26-33(47)44(57-46)54-37-12-11-36-31(43(37)63(4,5)61)9-8-29(7-2)53-36)40(62-3)25-39(28)58-20-15-30(16-21-58)51-19-18-50-17-14-27-22-34(48)42(35(49)23-27)32-10-13-41(59)56-45(32)60/h8-9,11-12,22-26,30,32,50-51H,6-7,10,13-21H2,1-5H3,(H,56,59,60)(H2,52,54,55,57)/t32-/m1/s1. The molecule has 4 heterocycles.